The largest absolute Gasteiger partial charge is 0.368 e. The highest BCUT2D eigenvalue weighted by Crippen LogP contribution is 2.21. The Morgan fingerprint density at radius 3 is 2.39 bits per heavy atom. The number of hydrogen-bond acceptors (Lipinski definition) is 3. The van der Waals surface area contributed by atoms with Gasteiger partial charge in [0.05, 0.1) is 4.90 Å². The van der Waals surface area contributed by atoms with E-state index in [0.29, 0.717) is 0 Å². The number of halogens is 1. The maximum atomic E-state index is 12.1. The first-order valence-electron chi connectivity index (χ1n) is 5.16. The van der Waals surface area contributed by atoms with Crippen molar-refractivity contribution in [3.05, 3.63) is 28.2 Å². The summed E-state index contributed by atoms with van der Waals surface area (Å²) in [6, 6.07) is 4.61. The van der Waals surface area contributed by atoms with Crippen LogP contribution in [-0.4, -0.2) is 19.9 Å². The molecule has 5 nitrogen and oxygen atoms in total. The maximum absolute atomic E-state index is 12.1. The van der Waals surface area contributed by atoms with Crippen molar-refractivity contribution in [3.8, 4) is 0 Å². The smallest absolute Gasteiger partial charge is 0.241 e. The molecule has 1 amide bonds. The minimum Gasteiger partial charge on any atom is -0.368 e. The third-order valence-corrected chi connectivity index (χ3v) is 4.99. The van der Waals surface area contributed by atoms with Crippen LogP contribution in [0.1, 0.15) is 19.4 Å². The number of sulfonamides is 1. The van der Waals surface area contributed by atoms with E-state index in [2.05, 4.69) is 20.7 Å². The van der Waals surface area contributed by atoms with Crippen molar-refractivity contribution in [2.24, 2.45) is 5.73 Å². The summed E-state index contributed by atoms with van der Waals surface area (Å²) in [7, 11) is -3.77. The Kier molecular flexibility index (Phi) is 4.19. The van der Waals surface area contributed by atoms with Gasteiger partial charge >= 0.3 is 0 Å². The quantitative estimate of drug-likeness (QED) is 0.869. The van der Waals surface area contributed by atoms with E-state index >= 15 is 0 Å². The summed E-state index contributed by atoms with van der Waals surface area (Å²) >= 11 is 3.29. The summed E-state index contributed by atoms with van der Waals surface area (Å²) in [5, 5.41) is 0. The van der Waals surface area contributed by atoms with E-state index < -0.39 is 21.5 Å². The summed E-state index contributed by atoms with van der Waals surface area (Å²) in [4.78, 5) is 11.2. The lowest BCUT2D eigenvalue weighted by atomic mass is 10.1. The number of nitrogens with two attached hydrogens (primary N) is 1. The molecule has 0 fully saturated rings. The second-order valence-corrected chi connectivity index (χ2v) is 7.04. The maximum Gasteiger partial charge on any atom is 0.241 e. The molecule has 1 aromatic carbocycles. The molecule has 18 heavy (non-hydrogen) atoms. The lowest BCUT2D eigenvalue weighted by Crippen LogP contribution is -2.52. The Labute approximate surface area is 115 Å². The van der Waals surface area contributed by atoms with E-state index in [1.165, 1.54) is 26.0 Å². The van der Waals surface area contributed by atoms with Crippen LogP contribution in [0.15, 0.2) is 27.6 Å². The summed E-state index contributed by atoms with van der Waals surface area (Å²) in [6.07, 6.45) is 0. The Balaban J connectivity index is 3.15. The van der Waals surface area contributed by atoms with E-state index in [4.69, 9.17) is 5.73 Å². The molecule has 7 heteroatoms. The highest BCUT2D eigenvalue weighted by Gasteiger charge is 2.31. The zero-order chi connectivity index (χ0) is 14.1. The molecule has 0 aliphatic heterocycles. The van der Waals surface area contributed by atoms with Gasteiger partial charge in [0.25, 0.3) is 0 Å². The molecule has 0 radical (unpaired) electrons. The van der Waals surface area contributed by atoms with Crippen LogP contribution < -0.4 is 10.5 Å². The predicted octanol–water partition coefficient (Wildman–Crippen LogP) is 1.30. The molecule has 0 unspecified atom stereocenters. The second-order valence-electron chi connectivity index (χ2n) is 4.51. The van der Waals surface area contributed by atoms with Crippen LogP contribution in [-0.2, 0) is 14.8 Å². The van der Waals surface area contributed by atoms with Gasteiger partial charge in [0.2, 0.25) is 15.9 Å². The fraction of sp³-hybridized carbons (Fsp3) is 0.364. The van der Waals surface area contributed by atoms with E-state index in [0.717, 1.165) is 10.0 Å². The number of carbonyl (C=O) groups excluding carboxylic acids is 1. The number of aryl methyl sites for hydroxylation is 1. The predicted molar refractivity (Wildman–Crippen MR) is 72.5 cm³/mol. The van der Waals surface area contributed by atoms with Crippen LogP contribution in [0, 0.1) is 6.92 Å². The van der Waals surface area contributed by atoms with Crippen LogP contribution in [0.3, 0.4) is 0 Å². The van der Waals surface area contributed by atoms with Gasteiger partial charge in [0, 0.05) is 4.47 Å². The summed E-state index contributed by atoms with van der Waals surface area (Å²) in [5.41, 5.74) is 4.59. The van der Waals surface area contributed by atoms with E-state index in [1.54, 1.807) is 13.0 Å². The molecule has 0 spiro atoms. The molecule has 100 valence electrons. The molecule has 0 atom stereocenters. The van der Waals surface area contributed by atoms with Crippen LogP contribution >= 0.6 is 15.9 Å². The summed E-state index contributed by atoms with van der Waals surface area (Å²) in [6.45, 7) is 4.61. The van der Waals surface area contributed by atoms with Crippen LogP contribution in [0.25, 0.3) is 0 Å². The molecule has 1 aromatic rings. The zero-order valence-electron chi connectivity index (χ0n) is 10.3. The van der Waals surface area contributed by atoms with Crippen molar-refractivity contribution in [2.45, 2.75) is 31.2 Å². The number of carbonyl (C=O) groups is 1. The zero-order valence-corrected chi connectivity index (χ0v) is 12.7. The second kappa shape index (κ2) is 4.99. The van der Waals surface area contributed by atoms with Gasteiger partial charge in [-0.3, -0.25) is 4.79 Å². The van der Waals surface area contributed by atoms with Crippen molar-refractivity contribution < 1.29 is 13.2 Å². The molecule has 3 N–H and O–H groups in total. The molecule has 0 saturated carbocycles. The highest BCUT2D eigenvalue weighted by molar-refractivity contribution is 9.10. The monoisotopic (exact) mass is 334 g/mol. The van der Waals surface area contributed by atoms with Crippen molar-refractivity contribution in [1.82, 2.24) is 4.72 Å². The van der Waals surface area contributed by atoms with Gasteiger partial charge in [-0.15, -0.1) is 0 Å². The molecule has 0 aliphatic carbocycles. The molecular formula is C11H15BrN2O3S. The minimum atomic E-state index is -3.77. The Bertz CT molecular complexity index is 582. The summed E-state index contributed by atoms with van der Waals surface area (Å²) in [5.74, 6) is -0.736. The van der Waals surface area contributed by atoms with E-state index in [1.807, 2.05) is 0 Å². The van der Waals surface area contributed by atoms with Crippen LogP contribution in [0.4, 0.5) is 0 Å². The van der Waals surface area contributed by atoms with Gasteiger partial charge in [-0.05, 0) is 44.5 Å². The topological polar surface area (TPSA) is 89.3 Å². The van der Waals surface area contributed by atoms with Gasteiger partial charge in [0.1, 0.15) is 5.54 Å². The van der Waals surface area contributed by atoms with Crippen molar-refractivity contribution in [3.63, 3.8) is 0 Å². The summed E-state index contributed by atoms with van der Waals surface area (Å²) < 4.78 is 27.3. The molecule has 1 rings (SSSR count). The lowest BCUT2D eigenvalue weighted by molar-refractivity contribution is -0.122. The number of primary amides is 1. The highest BCUT2D eigenvalue weighted by atomic mass is 79.9. The first-order valence-corrected chi connectivity index (χ1v) is 7.44. The van der Waals surface area contributed by atoms with E-state index in [-0.39, 0.29) is 4.90 Å². The average Bonchev–Trinajstić information content (AvgIpc) is 2.20. The molecule has 0 heterocycles. The average molecular weight is 335 g/mol. The Hall–Kier alpha value is -0.920. The van der Waals surface area contributed by atoms with Crippen molar-refractivity contribution >= 4 is 31.9 Å². The van der Waals surface area contributed by atoms with E-state index in [9.17, 15) is 13.2 Å². The SMILES string of the molecule is Cc1cc(S(=O)(=O)NC(C)(C)C(N)=O)ccc1Br. The third-order valence-electron chi connectivity index (χ3n) is 2.45. The number of hydrogen-bond donors (Lipinski definition) is 2. The van der Waals surface area contributed by atoms with Gasteiger partial charge in [0.15, 0.2) is 0 Å². The standard InChI is InChI=1S/C11H15BrN2O3S/c1-7-6-8(4-5-9(7)12)18(16,17)14-11(2,3)10(13)15/h4-6,14H,1-3H3,(H2,13,15). The van der Waals surface area contributed by atoms with Crippen molar-refractivity contribution in [2.75, 3.05) is 0 Å². The Morgan fingerprint density at radius 1 is 1.39 bits per heavy atom. The van der Waals surface area contributed by atoms with Crippen LogP contribution in [0.2, 0.25) is 0 Å². The Morgan fingerprint density at radius 2 is 1.94 bits per heavy atom. The number of amides is 1. The fourth-order valence-electron chi connectivity index (χ4n) is 1.23. The van der Waals surface area contributed by atoms with Gasteiger partial charge in [-0.25, -0.2) is 8.42 Å². The first kappa shape index (κ1) is 15.1. The number of benzene rings is 1. The van der Waals surface area contributed by atoms with Gasteiger partial charge in [-0.1, -0.05) is 15.9 Å². The van der Waals surface area contributed by atoms with Crippen LogP contribution in [0.5, 0.6) is 0 Å². The first-order chi connectivity index (χ1) is 8.06. The van der Waals surface area contributed by atoms with Gasteiger partial charge < -0.3 is 5.73 Å². The molecule has 0 saturated heterocycles. The minimum absolute atomic E-state index is 0.0949. The molecule has 0 bridgehead atoms. The third kappa shape index (κ3) is 3.30. The van der Waals surface area contributed by atoms with Gasteiger partial charge in [-0.2, -0.15) is 4.72 Å². The fourth-order valence-corrected chi connectivity index (χ4v) is 2.95. The molecular weight excluding hydrogens is 320 g/mol. The normalized spacial score (nSPS) is 12.4. The molecule has 0 aromatic heterocycles. The molecule has 0 aliphatic rings. The van der Waals surface area contributed by atoms with Crippen molar-refractivity contribution in [1.29, 1.82) is 0 Å². The number of nitrogens with one attached hydrogen (secondary N) is 1. The number of rotatable bonds is 4. The lowest BCUT2D eigenvalue weighted by Gasteiger charge is -2.22.